The lowest BCUT2D eigenvalue weighted by Gasteiger charge is -2.26. The first-order valence-electron chi connectivity index (χ1n) is 7.58. The van der Waals surface area contributed by atoms with Gasteiger partial charge in [0.05, 0.1) is 21.8 Å². The fourth-order valence-electron chi connectivity index (χ4n) is 2.11. The van der Waals surface area contributed by atoms with E-state index in [0.29, 0.717) is 6.54 Å². The summed E-state index contributed by atoms with van der Waals surface area (Å²) in [7, 11) is 0. The van der Waals surface area contributed by atoms with Crippen molar-refractivity contribution in [3.63, 3.8) is 0 Å². The van der Waals surface area contributed by atoms with E-state index in [0.717, 1.165) is 16.9 Å². The molecule has 0 aliphatic carbocycles. The first-order valence-corrected chi connectivity index (χ1v) is 8.46. The van der Waals surface area contributed by atoms with Crippen LogP contribution in [-0.2, 0) is 4.74 Å². The molecule has 0 saturated heterocycles. The molecular formula is C17H23N3O2S. The van der Waals surface area contributed by atoms with Crippen LogP contribution in [0.1, 0.15) is 33.4 Å². The normalized spacial score (nSPS) is 11.2. The van der Waals surface area contributed by atoms with Gasteiger partial charge in [0.15, 0.2) is 0 Å². The molecule has 0 unspecified atom stereocenters. The van der Waals surface area contributed by atoms with Gasteiger partial charge in [-0.05, 0) is 52.3 Å². The Bertz CT molecular complexity index is 659. The summed E-state index contributed by atoms with van der Waals surface area (Å²) in [5, 5.41) is 1.76. The van der Waals surface area contributed by atoms with Crippen molar-refractivity contribution in [1.29, 1.82) is 0 Å². The van der Waals surface area contributed by atoms with Gasteiger partial charge in [0.1, 0.15) is 5.60 Å². The van der Waals surface area contributed by atoms with E-state index >= 15 is 0 Å². The summed E-state index contributed by atoms with van der Waals surface area (Å²) >= 11 is 1.63. The lowest BCUT2D eigenvalue weighted by atomic mass is 10.1. The summed E-state index contributed by atoms with van der Waals surface area (Å²) in [5.74, 6) is 0. The number of benzene rings is 1. The first-order chi connectivity index (χ1) is 10.8. The van der Waals surface area contributed by atoms with Gasteiger partial charge >= 0.3 is 6.09 Å². The molecule has 0 aliphatic rings. The molecule has 1 aromatic carbocycles. The van der Waals surface area contributed by atoms with E-state index in [4.69, 9.17) is 4.74 Å². The van der Waals surface area contributed by atoms with Crippen LogP contribution < -0.4 is 10.4 Å². The number of amides is 1. The summed E-state index contributed by atoms with van der Waals surface area (Å²) in [6, 6.07) is 8.04. The summed E-state index contributed by atoms with van der Waals surface area (Å²) in [6.07, 6.45) is -0.457. The van der Waals surface area contributed by atoms with Crippen LogP contribution >= 0.6 is 11.3 Å². The van der Waals surface area contributed by atoms with Crippen molar-refractivity contribution >= 4 is 23.1 Å². The quantitative estimate of drug-likeness (QED) is 0.843. The molecule has 1 heterocycles. The molecule has 0 radical (unpaired) electrons. The van der Waals surface area contributed by atoms with Gasteiger partial charge in [-0.15, -0.1) is 11.3 Å². The molecule has 0 spiro atoms. The lowest BCUT2D eigenvalue weighted by Crippen LogP contribution is -2.44. The van der Waals surface area contributed by atoms with Crippen LogP contribution in [0.2, 0.25) is 0 Å². The van der Waals surface area contributed by atoms with Gasteiger partial charge in [0, 0.05) is 6.54 Å². The number of carbonyl (C=O) groups excluding carboxylic acids is 1. The summed E-state index contributed by atoms with van der Waals surface area (Å²) in [4.78, 5) is 17.4. The Balaban J connectivity index is 2.10. The van der Waals surface area contributed by atoms with Crippen molar-refractivity contribution in [2.45, 2.75) is 40.2 Å². The van der Waals surface area contributed by atoms with Crippen molar-refractivity contribution in [3.05, 3.63) is 35.5 Å². The Morgan fingerprint density at radius 1 is 1.30 bits per heavy atom. The maximum atomic E-state index is 11.9. The molecule has 23 heavy (non-hydrogen) atoms. The smallest absolute Gasteiger partial charge is 0.426 e. The van der Waals surface area contributed by atoms with Crippen molar-refractivity contribution in [1.82, 2.24) is 10.4 Å². The van der Waals surface area contributed by atoms with Gasteiger partial charge in [-0.1, -0.05) is 12.1 Å². The maximum absolute atomic E-state index is 11.9. The van der Waals surface area contributed by atoms with E-state index in [1.54, 1.807) is 16.3 Å². The number of aromatic nitrogens is 1. The molecule has 0 bridgehead atoms. The first kappa shape index (κ1) is 17.3. The lowest BCUT2D eigenvalue weighted by molar-refractivity contribution is 0.0521. The highest BCUT2D eigenvalue weighted by Crippen LogP contribution is 2.28. The predicted octanol–water partition coefficient (Wildman–Crippen LogP) is 4.38. The zero-order valence-corrected chi connectivity index (χ0v) is 15.0. The third-order valence-corrected chi connectivity index (χ3v) is 4.11. The number of nitrogens with zero attached hydrogens (tertiary/aromatic N) is 2. The zero-order chi connectivity index (χ0) is 17.0. The van der Waals surface area contributed by atoms with Gasteiger partial charge in [-0.2, -0.15) is 0 Å². The number of carbonyl (C=O) groups is 1. The van der Waals surface area contributed by atoms with Crippen LogP contribution in [0.3, 0.4) is 0 Å². The second-order valence-electron chi connectivity index (χ2n) is 6.17. The number of rotatable bonds is 4. The number of hydrogen-bond acceptors (Lipinski definition) is 5. The van der Waals surface area contributed by atoms with Gasteiger partial charge in [-0.3, -0.25) is 5.01 Å². The van der Waals surface area contributed by atoms with Crippen molar-refractivity contribution < 1.29 is 9.53 Å². The molecule has 1 aromatic heterocycles. The minimum absolute atomic E-state index is 0.457. The summed E-state index contributed by atoms with van der Waals surface area (Å²) < 4.78 is 5.29. The fourth-order valence-corrected chi connectivity index (χ4v) is 2.92. The van der Waals surface area contributed by atoms with Gasteiger partial charge in [0.2, 0.25) is 0 Å². The standard InChI is InChI=1S/C17H23N3O2S/c1-6-20(19-16(21)22-17(3,4)5)14-9-7-13(8-10-14)15-12(2)18-11-23-15/h7-11H,6H2,1-5H3,(H,19,21). The Labute approximate surface area is 141 Å². The maximum Gasteiger partial charge on any atom is 0.426 e. The second-order valence-corrected chi connectivity index (χ2v) is 7.03. The minimum atomic E-state index is -0.517. The van der Waals surface area contributed by atoms with Crippen molar-refractivity contribution in [2.75, 3.05) is 11.6 Å². The second kappa shape index (κ2) is 7.00. The van der Waals surface area contributed by atoms with E-state index in [-0.39, 0.29) is 0 Å². The highest BCUT2D eigenvalue weighted by Gasteiger charge is 2.18. The Morgan fingerprint density at radius 2 is 1.96 bits per heavy atom. The average Bonchev–Trinajstić information content (AvgIpc) is 2.89. The third kappa shape index (κ3) is 4.69. The Hall–Kier alpha value is -2.08. The SMILES string of the molecule is CCN(NC(=O)OC(C)(C)C)c1ccc(-c2scnc2C)cc1. The van der Waals surface area contributed by atoms with Gasteiger partial charge < -0.3 is 4.74 Å². The highest BCUT2D eigenvalue weighted by atomic mass is 32.1. The number of aryl methyl sites for hydroxylation is 1. The van der Waals surface area contributed by atoms with E-state index in [1.165, 1.54) is 4.88 Å². The molecule has 0 atom stereocenters. The molecule has 0 saturated carbocycles. The van der Waals surface area contributed by atoms with E-state index in [1.807, 2.05) is 64.4 Å². The third-order valence-electron chi connectivity index (χ3n) is 3.13. The summed E-state index contributed by atoms with van der Waals surface area (Å²) in [5.41, 5.74) is 7.16. The molecule has 2 rings (SSSR count). The molecule has 1 amide bonds. The van der Waals surface area contributed by atoms with Crippen molar-refractivity contribution in [2.24, 2.45) is 0 Å². The number of anilines is 1. The Kier molecular flexibility index (Phi) is 5.26. The van der Waals surface area contributed by atoms with Crippen LogP contribution in [0.15, 0.2) is 29.8 Å². The van der Waals surface area contributed by atoms with Crippen molar-refractivity contribution in [3.8, 4) is 10.4 Å². The molecule has 2 aromatic rings. The number of nitrogens with one attached hydrogen (secondary N) is 1. The van der Waals surface area contributed by atoms with Crippen LogP contribution in [0, 0.1) is 6.92 Å². The molecule has 0 fully saturated rings. The number of thiazole rings is 1. The number of hydrazine groups is 1. The fraction of sp³-hybridized carbons (Fsp3) is 0.412. The molecule has 0 aliphatic heterocycles. The van der Waals surface area contributed by atoms with Crippen LogP contribution in [0.25, 0.3) is 10.4 Å². The topological polar surface area (TPSA) is 54.5 Å². The number of hydrogen-bond donors (Lipinski definition) is 1. The van der Waals surface area contributed by atoms with E-state index in [2.05, 4.69) is 10.4 Å². The minimum Gasteiger partial charge on any atom is -0.443 e. The summed E-state index contributed by atoms with van der Waals surface area (Å²) in [6.45, 7) is 10.1. The van der Waals surface area contributed by atoms with Crippen LogP contribution in [0.4, 0.5) is 10.5 Å². The predicted molar refractivity (Wildman–Crippen MR) is 94.7 cm³/mol. The Morgan fingerprint density at radius 3 is 2.43 bits per heavy atom. The molecule has 124 valence electrons. The van der Waals surface area contributed by atoms with E-state index in [9.17, 15) is 4.79 Å². The largest absolute Gasteiger partial charge is 0.443 e. The van der Waals surface area contributed by atoms with Gasteiger partial charge in [-0.25, -0.2) is 15.2 Å². The van der Waals surface area contributed by atoms with Crippen LogP contribution in [-0.4, -0.2) is 23.2 Å². The number of ether oxygens (including phenoxy) is 1. The zero-order valence-electron chi connectivity index (χ0n) is 14.2. The molecule has 6 heteroatoms. The van der Waals surface area contributed by atoms with Gasteiger partial charge in [0.25, 0.3) is 0 Å². The highest BCUT2D eigenvalue weighted by molar-refractivity contribution is 7.13. The van der Waals surface area contributed by atoms with E-state index < -0.39 is 11.7 Å². The molecule has 5 nitrogen and oxygen atoms in total. The monoisotopic (exact) mass is 333 g/mol. The van der Waals surface area contributed by atoms with Crippen LogP contribution in [0.5, 0.6) is 0 Å². The average molecular weight is 333 g/mol. The molecule has 1 N–H and O–H groups in total. The molecular weight excluding hydrogens is 310 g/mol.